The molecular formula is C43H28N4. The van der Waals surface area contributed by atoms with Crippen molar-refractivity contribution in [3.05, 3.63) is 170 Å². The van der Waals surface area contributed by atoms with E-state index < -0.39 is 0 Å². The molecule has 0 bridgehead atoms. The van der Waals surface area contributed by atoms with Crippen LogP contribution in [0.25, 0.3) is 83.4 Å². The Hall–Kier alpha value is -6.39. The molecule has 0 saturated heterocycles. The van der Waals surface area contributed by atoms with Crippen LogP contribution >= 0.6 is 0 Å². The number of hydrogen-bond donors (Lipinski definition) is 0. The van der Waals surface area contributed by atoms with Gasteiger partial charge in [-0.2, -0.15) is 0 Å². The minimum absolute atomic E-state index is 0.685. The van der Waals surface area contributed by atoms with Gasteiger partial charge in [-0.3, -0.25) is 4.98 Å². The third kappa shape index (κ3) is 4.75. The first-order valence-corrected chi connectivity index (χ1v) is 15.8. The van der Waals surface area contributed by atoms with E-state index in [9.17, 15) is 0 Å². The highest BCUT2D eigenvalue weighted by molar-refractivity contribution is 6.09. The Morgan fingerprint density at radius 3 is 1.70 bits per heavy atom. The lowest BCUT2D eigenvalue weighted by molar-refractivity contribution is 1.17. The summed E-state index contributed by atoms with van der Waals surface area (Å²) >= 11 is 0. The maximum absolute atomic E-state index is 5.15. The van der Waals surface area contributed by atoms with Crippen molar-refractivity contribution in [1.29, 1.82) is 0 Å². The Labute approximate surface area is 272 Å². The van der Waals surface area contributed by atoms with Gasteiger partial charge in [-0.25, -0.2) is 9.97 Å². The molecule has 220 valence electrons. The van der Waals surface area contributed by atoms with E-state index in [1.54, 1.807) is 0 Å². The largest absolute Gasteiger partial charge is 0.309 e. The molecule has 0 saturated carbocycles. The second-order valence-electron chi connectivity index (χ2n) is 11.7. The monoisotopic (exact) mass is 600 g/mol. The van der Waals surface area contributed by atoms with E-state index >= 15 is 0 Å². The number of pyridine rings is 1. The summed E-state index contributed by atoms with van der Waals surface area (Å²) in [5.41, 5.74) is 10.3. The van der Waals surface area contributed by atoms with Gasteiger partial charge in [0.25, 0.3) is 0 Å². The molecule has 0 fully saturated rings. The van der Waals surface area contributed by atoms with E-state index in [4.69, 9.17) is 9.97 Å². The summed E-state index contributed by atoms with van der Waals surface area (Å²) in [7, 11) is 0. The Morgan fingerprint density at radius 1 is 0.404 bits per heavy atom. The minimum atomic E-state index is 0.685. The average molecular weight is 601 g/mol. The first-order chi connectivity index (χ1) is 23.3. The topological polar surface area (TPSA) is 43.6 Å². The molecule has 0 aliphatic heterocycles. The fourth-order valence-electron chi connectivity index (χ4n) is 6.62. The molecule has 3 heterocycles. The van der Waals surface area contributed by atoms with Crippen molar-refractivity contribution in [2.45, 2.75) is 0 Å². The van der Waals surface area contributed by atoms with Crippen LogP contribution in [0.3, 0.4) is 0 Å². The Balaban J connectivity index is 1.18. The zero-order valence-electron chi connectivity index (χ0n) is 25.5. The zero-order chi connectivity index (χ0) is 31.2. The first-order valence-electron chi connectivity index (χ1n) is 15.8. The number of nitrogens with zero attached hydrogens (tertiary/aromatic N) is 4. The predicted octanol–water partition coefficient (Wildman–Crippen LogP) is 10.8. The van der Waals surface area contributed by atoms with Gasteiger partial charge in [0.15, 0.2) is 5.82 Å². The van der Waals surface area contributed by atoms with Gasteiger partial charge in [-0.05, 0) is 53.2 Å². The number of benzene rings is 6. The van der Waals surface area contributed by atoms with Crippen molar-refractivity contribution < 1.29 is 0 Å². The Bertz CT molecular complexity index is 2490. The number of aromatic nitrogens is 4. The van der Waals surface area contributed by atoms with Crippen molar-refractivity contribution in [3.63, 3.8) is 0 Å². The van der Waals surface area contributed by atoms with E-state index in [2.05, 4.69) is 155 Å². The quantitative estimate of drug-likeness (QED) is 0.197. The van der Waals surface area contributed by atoms with Crippen molar-refractivity contribution in [3.8, 4) is 50.8 Å². The first kappa shape index (κ1) is 27.0. The van der Waals surface area contributed by atoms with Gasteiger partial charge in [0.2, 0.25) is 0 Å². The van der Waals surface area contributed by atoms with Gasteiger partial charge in [-0.1, -0.05) is 121 Å². The zero-order valence-corrected chi connectivity index (χ0v) is 25.5. The summed E-state index contributed by atoms with van der Waals surface area (Å²) in [5.74, 6) is 0.685. The SMILES string of the molecule is c1ccc(-c2ccc(-c3nc(-c4ccc(-n5c6ccccc6c6ccccc65)cc4)cc(-c4cccc5ccccc45)n3)cc2)nc1. The highest BCUT2D eigenvalue weighted by Crippen LogP contribution is 2.35. The van der Waals surface area contributed by atoms with E-state index in [-0.39, 0.29) is 0 Å². The number of rotatable bonds is 5. The molecule has 9 rings (SSSR count). The third-order valence-electron chi connectivity index (χ3n) is 8.90. The van der Waals surface area contributed by atoms with Crippen LogP contribution in [0.15, 0.2) is 170 Å². The molecule has 4 nitrogen and oxygen atoms in total. The summed E-state index contributed by atoms with van der Waals surface area (Å²) in [5, 5.41) is 4.85. The molecule has 0 spiro atoms. The highest BCUT2D eigenvalue weighted by atomic mass is 15.0. The van der Waals surface area contributed by atoms with Gasteiger partial charge in [-0.15, -0.1) is 0 Å². The summed E-state index contributed by atoms with van der Waals surface area (Å²) in [6.07, 6.45) is 1.82. The molecule has 0 aliphatic carbocycles. The molecule has 0 atom stereocenters. The van der Waals surface area contributed by atoms with Crippen molar-refractivity contribution in [2.24, 2.45) is 0 Å². The average Bonchev–Trinajstić information content (AvgIpc) is 3.49. The molecule has 9 aromatic rings. The van der Waals surface area contributed by atoms with Crippen LogP contribution in [-0.4, -0.2) is 19.5 Å². The molecular weight excluding hydrogens is 573 g/mol. The van der Waals surface area contributed by atoms with Crippen LogP contribution in [-0.2, 0) is 0 Å². The van der Waals surface area contributed by atoms with Crippen LogP contribution in [0.5, 0.6) is 0 Å². The molecule has 0 N–H and O–H groups in total. The maximum atomic E-state index is 5.15. The van der Waals surface area contributed by atoms with E-state index in [1.165, 1.54) is 27.2 Å². The van der Waals surface area contributed by atoms with Gasteiger partial charge < -0.3 is 4.57 Å². The number of hydrogen-bond acceptors (Lipinski definition) is 3. The number of fused-ring (bicyclic) bond motifs is 4. The van der Waals surface area contributed by atoms with Crippen molar-refractivity contribution in [1.82, 2.24) is 19.5 Å². The fourth-order valence-corrected chi connectivity index (χ4v) is 6.62. The lowest BCUT2D eigenvalue weighted by Gasteiger charge is -2.13. The molecule has 47 heavy (non-hydrogen) atoms. The van der Waals surface area contributed by atoms with Crippen LogP contribution < -0.4 is 0 Å². The number of para-hydroxylation sites is 2. The maximum Gasteiger partial charge on any atom is 0.160 e. The molecule has 0 amide bonds. The van der Waals surface area contributed by atoms with Crippen LogP contribution in [0.4, 0.5) is 0 Å². The summed E-state index contributed by atoms with van der Waals surface area (Å²) < 4.78 is 2.34. The van der Waals surface area contributed by atoms with E-state index in [0.29, 0.717) is 5.82 Å². The van der Waals surface area contributed by atoms with Crippen molar-refractivity contribution in [2.75, 3.05) is 0 Å². The standard InChI is InChI=1S/C43H28N4/c1-2-12-34-29(10-1)11-9-15-35(34)40-28-39(45-43(46-40)32-21-19-30(20-22-32)38-16-7-8-27-44-38)31-23-25-33(26-24-31)47-41-17-5-3-13-36(41)37-14-4-6-18-42(37)47/h1-28H. The molecule has 0 radical (unpaired) electrons. The second-order valence-corrected chi connectivity index (χ2v) is 11.7. The second kappa shape index (κ2) is 11.2. The molecule has 0 unspecified atom stereocenters. The van der Waals surface area contributed by atoms with Gasteiger partial charge in [0, 0.05) is 44.9 Å². The lowest BCUT2D eigenvalue weighted by atomic mass is 10.00. The summed E-state index contributed by atoms with van der Waals surface area (Å²) in [4.78, 5) is 14.8. The van der Waals surface area contributed by atoms with Gasteiger partial charge >= 0.3 is 0 Å². The van der Waals surface area contributed by atoms with Gasteiger partial charge in [0.1, 0.15) is 0 Å². The summed E-state index contributed by atoms with van der Waals surface area (Å²) in [6.45, 7) is 0. The normalized spacial score (nSPS) is 11.4. The van der Waals surface area contributed by atoms with Crippen LogP contribution in [0, 0.1) is 0 Å². The van der Waals surface area contributed by atoms with Crippen LogP contribution in [0.1, 0.15) is 0 Å². The van der Waals surface area contributed by atoms with E-state index in [1.807, 2.05) is 24.4 Å². The predicted molar refractivity (Wildman–Crippen MR) is 193 cm³/mol. The van der Waals surface area contributed by atoms with Crippen molar-refractivity contribution >= 4 is 32.6 Å². The fraction of sp³-hybridized carbons (Fsp3) is 0. The smallest absolute Gasteiger partial charge is 0.160 e. The molecule has 6 aromatic carbocycles. The molecule has 3 aromatic heterocycles. The molecule has 4 heteroatoms. The summed E-state index contributed by atoms with van der Waals surface area (Å²) in [6, 6.07) is 57.2. The molecule has 0 aliphatic rings. The third-order valence-corrected chi connectivity index (χ3v) is 8.90. The van der Waals surface area contributed by atoms with Crippen LogP contribution in [0.2, 0.25) is 0 Å². The Kier molecular flexibility index (Phi) is 6.43. The lowest BCUT2D eigenvalue weighted by Crippen LogP contribution is -1.97. The van der Waals surface area contributed by atoms with Gasteiger partial charge in [0.05, 0.1) is 28.1 Å². The highest BCUT2D eigenvalue weighted by Gasteiger charge is 2.15. The Morgan fingerprint density at radius 2 is 0.979 bits per heavy atom. The van der Waals surface area contributed by atoms with E-state index in [0.717, 1.165) is 50.4 Å². The minimum Gasteiger partial charge on any atom is -0.309 e.